The molecule has 0 bridgehead atoms. The summed E-state index contributed by atoms with van der Waals surface area (Å²) >= 11 is 0. The molecule has 0 aliphatic rings. The van der Waals surface area contributed by atoms with Crippen molar-refractivity contribution in [3.8, 4) is 0 Å². The molecule has 0 aliphatic carbocycles. The molecule has 0 atom stereocenters. The quantitative estimate of drug-likeness (QED) is 0.642. The molecule has 1 amide bonds. The van der Waals surface area contributed by atoms with Crippen LogP contribution in [-0.4, -0.2) is 24.8 Å². The fourth-order valence-corrected chi connectivity index (χ4v) is 2.92. The molecular formula is C16H12F3N3O3S. The number of H-pyrrole nitrogens is 1. The molecule has 0 aliphatic heterocycles. The molecule has 6 nitrogen and oxygen atoms in total. The van der Waals surface area contributed by atoms with Gasteiger partial charge in [-0.15, -0.1) is 0 Å². The Kier molecular flexibility index (Phi) is 4.36. The Morgan fingerprint density at radius 1 is 0.962 bits per heavy atom. The molecule has 0 spiro atoms. The topological polar surface area (TPSA) is 91.1 Å². The number of carbonyl (C=O) groups excluding carboxylic acids is 1. The van der Waals surface area contributed by atoms with Gasteiger partial charge in [-0.1, -0.05) is 36.4 Å². The van der Waals surface area contributed by atoms with E-state index in [1.165, 1.54) is 22.9 Å². The number of para-hydroxylation sites is 2. The van der Waals surface area contributed by atoms with Crippen LogP contribution in [0, 0.1) is 0 Å². The Morgan fingerprint density at radius 2 is 1.58 bits per heavy atom. The molecule has 2 aromatic carbocycles. The van der Waals surface area contributed by atoms with Gasteiger partial charge in [-0.25, -0.2) is 0 Å². The van der Waals surface area contributed by atoms with Crippen LogP contribution in [0.15, 0.2) is 54.6 Å². The molecule has 0 fully saturated rings. The van der Waals surface area contributed by atoms with Crippen LogP contribution in [0.2, 0.25) is 0 Å². The maximum atomic E-state index is 12.7. The van der Waals surface area contributed by atoms with E-state index >= 15 is 0 Å². The van der Waals surface area contributed by atoms with Gasteiger partial charge in [0.15, 0.2) is 0 Å². The van der Waals surface area contributed by atoms with Crippen LogP contribution in [0.5, 0.6) is 0 Å². The largest absolute Gasteiger partial charge is 0.516 e. The van der Waals surface area contributed by atoms with E-state index in [9.17, 15) is 26.4 Å². The van der Waals surface area contributed by atoms with Crippen molar-refractivity contribution in [1.82, 2.24) is 4.98 Å². The first-order valence-electron chi connectivity index (χ1n) is 7.25. The minimum Gasteiger partial charge on any atom is -0.349 e. The molecule has 10 heteroatoms. The van der Waals surface area contributed by atoms with Gasteiger partial charge in [0.05, 0.1) is 5.69 Å². The molecule has 3 aromatic rings. The van der Waals surface area contributed by atoms with Gasteiger partial charge in [0.1, 0.15) is 5.69 Å². The van der Waals surface area contributed by atoms with Crippen LogP contribution in [0.3, 0.4) is 0 Å². The maximum absolute atomic E-state index is 12.7. The fourth-order valence-electron chi connectivity index (χ4n) is 2.33. The molecule has 0 radical (unpaired) electrons. The Hall–Kier alpha value is -3.01. The normalized spacial score (nSPS) is 12.1. The number of hydrogen-bond acceptors (Lipinski definition) is 3. The number of nitrogens with one attached hydrogen (secondary N) is 3. The van der Waals surface area contributed by atoms with Crippen molar-refractivity contribution in [2.75, 3.05) is 10.0 Å². The van der Waals surface area contributed by atoms with Crippen molar-refractivity contribution in [1.29, 1.82) is 0 Å². The first-order valence-corrected chi connectivity index (χ1v) is 8.73. The lowest BCUT2D eigenvalue weighted by atomic mass is 10.2. The van der Waals surface area contributed by atoms with Crippen molar-refractivity contribution in [3.63, 3.8) is 0 Å². The van der Waals surface area contributed by atoms with E-state index in [0.717, 1.165) is 0 Å². The van der Waals surface area contributed by atoms with Crippen LogP contribution < -0.4 is 10.0 Å². The van der Waals surface area contributed by atoms with Crippen LogP contribution in [0.25, 0.3) is 10.9 Å². The van der Waals surface area contributed by atoms with Gasteiger partial charge in [0.25, 0.3) is 5.91 Å². The van der Waals surface area contributed by atoms with E-state index in [1.807, 2.05) is 0 Å². The second-order valence-corrected chi connectivity index (χ2v) is 6.97. The van der Waals surface area contributed by atoms with Gasteiger partial charge in [-0.3, -0.25) is 9.52 Å². The van der Waals surface area contributed by atoms with E-state index < -0.39 is 27.1 Å². The predicted molar refractivity (Wildman–Crippen MR) is 91.3 cm³/mol. The molecule has 0 unspecified atom stereocenters. The summed E-state index contributed by atoms with van der Waals surface area (Å²) in [4.78, 5) is 15.1. The molecule has 0 saturated heterocycles. The summed E-state index contributed by atoms with van der Waals surface area (Å²) in [5, 5.41) is 2.64. The number of aromatic nitrogens is 1. The van der Waals surface area contributed by atoms with Crippen molar-refractivity contribution in [2.24, 2.45) is 0 Å². The third kappa shape index (κ3) is 3.36. The van der Waals surface area contributed by atoms with Gasteiger partial charge in [-0.05, 0) is 18.2 Å². The lowest BCUT2D eigenvalue weighted by molar-refractivity contribution is -0.0429. The number of sulfonamides is 1. The van der Waals surface area contributed by atoms with Crippen molar-refractivity contribution in [2.45, 2.75) is 5.51 Å². The summed E-state index contributed by atoms with van der Waals surface area (Å²) in [6.45, 7) is 0. The number of amides is 1. The average molecular weight is 383 g/mol. The summed E-state index contributed by atoms with van der Waals surface area (Å²) in [7, 11) is -5.69. The van der Waals surface area contributed by atoms with Gasteiger partial charge >= 0.3 is 15.5 Å². The van der Waals surface area contributed by atoms with E-state index in [2.05, 4.69) is 10.3 Å². The molecular weight excluding hydrogens is 371 g/mol. The molecule has 3 N–H and O–H groups in total. The lowest BCUT2D eigenvalue weighted by Gasteiger charge is -2.12. The molecule has 136 valence electrons. The Labute approximate surface area is 146 Å². The highest BCUT2D eigenvalue weighted by Gasteiger charge is 2.46. The number of aromatic amines is 1. The number of alkyl halides is 3. The van der Waals surface area contributed by atoms with Gasteiger partial charge in [0, 0.05) is 16.6 Å². The number of anilines is 2. The van der Waals surface area contributed by atoms with Crippen molar-refractivity contribution < 1.29 is 26.4 Å². The highest BCUT2D eigenvalue weighted by molar-refractivity contribution is 7.93. The SMILES string of the molecule is O=C(Nc1ccccc1)c1[nH]c2ccccc2c1NS(=O)(=O)C(F)(F)F. The minimum atomic E-state index is -5.69. The van der Waals surface area contributed by atoms with Crippen LogP contribution in [0.1, 0.15) is 10.5 Å². The summed E-state index contributed by atoms with van der Waals surface area (Å²) < 4.78 is 62.7. The minimum absolute atomic E-state index is 0.138. The van der Waals surface area contributed by atoms with E-state index in [1.54, 1.807) is 36.4 Å². The summed E-state index contributed by atoms with van der Waals surface area (Å²) in [6.07, 6.45) is 0. The number of carbonyl (C=O) groups is 1. The van der Waals surface area contributed by atoms with Gasteiger partial charge in [0.2, 0.25) is 0 Å². The second-order valence-electron chi connectivity index (χ2n) is 5.29. The smallest absolute Gasteiger partial charge is 0.349 e. The maximum Gasteiger partial charge on any atom is 0.516 e. The monoisotopic (exact) mass is 383 g/mol. The Balaban J connectivity index is 2.06. The zero-order valence-corrected chi connectivity index (χ0v) is 13.8. The van der Waals surface area contributed by atoms with E-state index in [-0.39, 0.29) is 11.1 Å². The van der Waals surface area contributed by atoms with Gasteiger partial charge < -0.3 is 10.3 Å². The van der Waals surface area contributed by atoms with Gasteiger partial charge in [-0.2, -0.15) is 21.6 Å². The number of halogens is 3. The summed E-state index contributed by atoms with van der Waals surface area (Å²) in [5.41, 5.74) is -5.60. The van der Waals surface area contributed by atoms with Crippen LogP contribution in [0.4, 0.5) is 24.5 Å². The Bertz CT molecular complexity index is 1060. The van der Waals surface area contributed by atoms with Crippen molar-refractivity contribution in [3.05, 3.63) is 60.3 Å². The molecule has 3 rings (SSSR count). The fraction of sp³-hybridized carbons (Fsp3) is 0.0625. The summed E-state index contributed by atoms with van der Waals surface area (Å²) in [5.74, 6) is -0.785. The summed E-state index contributed by atoms with van der Waals surface area (Å²) in [6, 6.07) is 14.2. The van der Waals surface area contributed by atoms with E-state index in [0.29, 0.717) is 11.2 Å². The van der Waals surface area contributed by atoms with E-state index in [4.69, 9.17) is 0 Å². The van der Waals surface area contributed by atoms with Crippen LogP contribution in [-0.2, 0) is 10.0 Å². The third-order valence-electron chi connectivity index (χ3n) is 3.51. The highest BCUT2D eigenvalue weighted by Crippen LogP contribution is 2.33. The first kappa shape index (κ1) is 17.8. The molecule has 1 aromatic heterocycles. The second kappa shape index (κ2) is 6.37. The zero-order valence-electron chi connectivity index (χ0n) is 13.0. The average Bonchev–Trinajstić information content (AvgIpc) is 2.93. The predicted octanol–water partition coefficient (Wildman–Crippen LogP) is 3.68. The number of fused-ring (bicyclic) bond motifs is 1. The highest BCUT2D eigenvalue weighted by atomic mass is 32.2. The van der Waals surface area contributed by atoms with Crippen molar-refractivity contribution >= 4 is 38.2 Å². The van der Waals surface area contributed by atoms with Crippen LogP contribution >= 0.6 is 0 Å². The lowest BCUT2D eigenvalue weighted by Crippen LogP contribution is -2.30. The zero-order chi connectivity index (χ0) is 18.9. The first-order chi connectivity index (χ1) is 12.2. The number of hydrogen-bond donors (Lipinski definition) is 3. The molecule has 0 saturated carbocycles. The number of benzene rings is 2. The molecule has 26 heavy (non-hydrogen) atoms. The third-order valence-corrected chi connectivity index (χ3v) is 4.59. The molecule has 1 heterocycles. The number of rotatable bonds is 4. The standard InChI is InChI=1S/C16H12F3N3O3S/c17-16(18,19)26(24,25)22-13-11-8-4-5-9-12(11)21-14(13)15(23)20-10-6-2-1-3-7-10/h1-9,21-22H,(H,20,23). The Morgan fingerprint density at radius 3 is 2.23 bits per heavy atom.